The lowest BCUT2D eigenvalue weighted by molar-refractivity contribution is -0.150. The fourth-order valence-corrected chi connectivity index (χ4v) is 9.59. The Morgan fingerprint density at radius 3 is 2.47 bits per heavy atom. The van der Waals surface area contributed by atoms with Gasteiger partial charge >= 0.3 is 5.97 Å². The Hall–Kier alpha value is -4.42. The summed E-state index contributed by atoms with van der Waals surface area (Å²) in [6.45, 7) is 2.62. The van der Waals surface area contributed by atoms with E-state index in [1.54, 1.807) is 14.2 Å². The van der Waals surface area contributed by atoms with E-state index in [9.17, 15) is 14.7 Å². The zero-order valence-corrected chi connectivity index (χ0v) is 32.5. The molecule has 3 aliphatic heterocycles. The average molecular weight is 787 g/mol. The van der Waals surface area contributed by atoms with Crippen molar-refractivity contribution in [2.75, 3.05) is 27.3 Å². The zero-order valence-electron chi connectivity index (χ0n) is 30.9. The number of carboxylic acids is 1. The quantitative estimate of drug-likeness (QED) is 0.127. The van der Waals surface area contributed by atoms with Gasteiger partial charge < -0.3 is 30.0 Å². The molecule has 3 unspecified atom stereocenters. The van der Waals surface area contributed by atoms with Gasteiger partial charge in [-0.15, -0.1) is 0 Å². The summed E-state index contributed by atoms with van der Waals surface area (Å²) in [5.74, 6) is 0.659. The number of carbonyl (C=O) groups excluding carboxylic acids is 1. The van der Waals surface area contributed by atoms with Crippen LogP contribution in [0, 0.1) is 11.8 Å². The molecule has 4 fully saturated rings. The topological polar surface area (TPSA) is 135 Å². The van der Waals surface area contributed by atoms with Gasteiger partial charge in [-0.05, 0) is 73.3 Å². The first-order valence-electron chi connectivity index (χ1n) is 19.0. The van der Waals surface area contributed by atoms with Gasteiger partial charge in [-0.25, -0.2) is 4.98 Å². The molecule has 2 aliphatic carbocycles. The van der Waals surface area contributed by atoms with E-state index >= 15 is 0 Å². The van der Waals surface area contributed by atoms with Gasteiger partial charge in [0.15, 0.2) is 0 Å². The summed E-state index contributed by atoms with van der Waals surface area (Å²) >= 11 is 14.0. The Balaban J connectivity index is 0.994. The minimum absolute atomic E-state index is 0.00743. The van der Waals surface area contributed by atoms with Gasteiger partial charge in [0.2, 0.25) is 23.5 Å². The van der Waals surface area contributed by atoms with E-state index < -0.39 is 5.97 Å². The molecule has 9 rings (SSSR count). The first kappa shape index (κ1) is 37.5. The van der Waals surface area contributed by atoms with Crippen molar-refractivity contribution < 1.29 is 28.9 Å². The molecule has 5 heterocycles. The van der Waals surface area contributed by atoms with Crippen LogP contribution < -0.4 is 24.8 Å². The number of aromatic nitrogens is 2. The largest absolute Gasteiger partial charge is 0.481 e. The number of piperidine rings is 2. The van der Waals surface area contributed by atoms with Crippen LogP contribution in [-0.2, 0) is 29.1 Å². The number of hydrogen-bond acceptors (Lipinski definition) is 9. The van der Waals surface area contributed by atoms with Gasteiger partial charge in [0.25, 0.3) is 0 Å². The third-order valence-electron chi connectivity index (χ3n) is 11.7. The van der Waals surface area contributed by atoms with Crippen molar-refractivity contribution in [1.82, 2.24) is 25.5 Å². The number of nitrogens with zero attached hydrogens (tertiary/aromatic N) is 3. The van der Waals surface area contributed by atoms with Crippen LogP contribution >= 0.6 is 23.2 Å². The number of fused-ring (bicyclic) bond motifs is 4. The molecule has 0 radical (unpaired) electrons. The molecular weight excluding hydrogens is 741 g/mol. The maximum Gasteiger partial charge on any atom is 0.308 e. The number of benzene rings is 2. The summed E-state index contributed by atoms with van der Waals surface area (Å²) in [6.07, 6.45) is 5.34. The molecule has 55 heavy (non-hydrogen) atoms. The molecule has 4 aromatic rings. The van der Waals surface area contributed by atoms with Crippen LogP contribution in [0.4, 0.5) is 0 Å². The van der Waals surface area contributed by atoms with E-state index in [2.05, 4.69) is 27.7 Å². The maximum absolute atomic E-state index is 12.0. The lowest BCUT2D eigenvalue weighted by Gasteiger charge is -2.48. The summed E-state index contributed by atoms with van der Waals surface area (Å²) in [4.78, 5) is 35.4. The highest BCUT2D eigenvalue weighted by Gasteiger charge is 2.44. The van der Waals surface area contributed by atoms with Crippen LogP contribution in [0.3, 0.4) is 0 Å². The lowest BCUT2D eigenvalue weighted by Crippen LogP contribution is -2.54. The second-order valence-electron chi connectivity index (χ2n) is 15.0. The Morgan fingerprint density at radius 2 is 1.71 bits per heavy atom. The van der Waals surface area contributed by atoms with Gasteiger partial charge in [-0.1, -0.05) is 65.7 Å². The minimum Gasteiger partial charge on any atom is -0.481 e. The van der Waals surface area contributed by atoms with Crippen molar-refractivity contribution in [2.24, 2.45) is 11.8 Å². The van der Waals surface area contributed by atoms with Crippen molar-refractivity contribution in [2.45, 2.75) is 76.2 Å². The highest BCUT2D eigenvalue weighted by atomic mass is 35.5. The van der Waals surface area contributed by atoms with E-state index in [-0.39, 0.29) is 30.0 Å². The van der Waals surface area contributed by atoms with Crippen LogP contribution in [0.25, 0.3) is 22.4 Å². The fraction of sp³-hybridized carbons (Fsp3) is 0.429. The number of halogens is 2. The molecule has 5 aliphatic rings. The first-order valence-corrected chi connectivity index (χ1v) is 19.8. The number of hydrogen-bond donors (Lipinski definition) is 3. The molecule has 2 aromatic carbocycles. The average Bonchev–Trinajstić information content (AvgIpc) is 3.81. The molecule has 1 amide bonds. The van der Waals surface area contributed by atoms with Crippen LogP contribution in [0.2, 0.25) is 10.0 Å². The summed E-state index contributed by atoms with van der Waals surface area (Å²) in [5, 5.41) is 17.2. The summed E-state index contributed by atoms with van der Waals surface area (Å²) < 4.78 is 18.0. The van der Waals surface area contributed by atoms with E-state index in [1.165, 1.54) is 0 Å². The van der Waals surface area contributed by atoms with Crippen LogP contribution in [0.15, 0.2) is 54.6 Å². The number of nitrogens with one attached hydrogen (secondary N) is 2. The standard InChI is InChI=1S/C42H45Cl2N5O6/c1-53-39-24(19-45-20-26-11-16-37(50)46-26)10-13-34(47-39)31-8-4-7-30(38(31)44)27-5-3-6-29-28(27)12-15-36(29)55-41-33(43)18-25(40(48-41)54-2)22-49-21-23-9-14-35(49)32(17-23)42(51)52/h3-8,10,13,18,23,26,32,35-36,45H,9,11-12,14-17,19-22H2,1-2H3,(H,46,50)(H,51,52)/t23?,26-,32?,35?,36-/m0/s1. The van der Waals surface area contributed by atoms with Crippen LogP contribution in [0.1, 0.15) is 66.9 Å². The third-order valence-corrected chi connectivity index (χ3v) is 12.4. The molecule has 11 nitrogen and oxygen atoms in total. The van der Waals surface area contributed by atoms with Crippen molar-refractivity contribution in [3.05, 3.63) is 86.9 Å². The normalized spacial score (nSPS) is 23.1. The molecule has 288 valence electrons. The lowest BCUT2D eigenvalue weighted by atomic mass is 9.72. The number of aliphatic carboxylic acids is 1. The predicted octanol–water partition coefficient (Wildman–Crippen LogP) is 7.25. The van der Waals surface area contributed by atoms with Gasteiger partial charge in [0.05, 0.1) is 30.9 Å². The zero-order chi connectivity index (χ0) is 38.2. The van der Waals surface area contributed by atoms with E-state index in [0.29, 0.717) is 65.4 Å². The second kappa shape index (κ2) is 16.0. The maximum atomic E-state index is 12.0. The number of rotatable bonds is 13. The van der Waals surface area contributed by atoms with Crippen LogP contribution in [-0.4, -0.2) is 71.2 Å². The molecule has 3 N–H and O–H groups in total. The highest BCUT2D eigenvalue weighted by Crippen LogP contribution is 2.45. The summed E-state index contributed by atoms with van der Waals surface area (Å²) in [7, 11) is 3.19. The van der Waals surface area contributed by atoms with E-state index in [0.717, 1.165) is 84.0 Å². The summed E-state index contributed by atoms with van der Waals surface area (Å²) in [6, 6.07) is 18.1. The first-order chi connectivity index (χ1) is 26.7. The van der Waals surface area contributed by atoms with E-state index in [4.69, 9.17) is 47.4 Å². The Labute approximate surface area is 330 Å². The van der Waals surface area contributed by atoms with Gasteiger partial charge in [-0.2, -0.15) is 4.98 Å². The molecule has 0 spiro atoms. The van der Waals surface area contributed by atoms with Crippen molar-refractivity contribution >= 4 is 35.1 Å². The Morgan fingerprint density at radius 1 is 0.927 bits per heavy atom. The molecule has 5 atom stereocenters. The predicted molar refractivity (Wildman–Crippen MR) is 210 cm³/mol. The second-order valence-corrected chi connectivity index (χ2v) is 15.8. The minimum atomic E-state index is -0.720. The molecule has 1 saturated carbocycles. The van der Waals surface area contributed by atoms with Crippen LogP contribution in [0.5, 0.6) is 17.6 Å². The van der Waals surface area contributed by atoms with E-state index in [1.807, 2.05) is 42.5 Å². The number of amides is 1. The fourth-order valence-electron chi connectivity index (χ4n) is 9.05. The number of pyridine rings is 2. The number of methoxy groups -OCH3 is 2. The molecular formula is C42H45Cl2N5O6. The molecule has 3 saturated heterocycles. The number of carbonyl (C=O) groups is 2. The Bertz CT molecular complexity index is 2120. The van der Waals surface area contributed by atoms with Crippen molar-refractivity contribution in [3.8, 4) is 40.0 Å². The third kappa shape index (κ3) is 7.59. The van der Waals surface area contributed by atoms with Gasteiger partial charge in [-0.3, -0.25) is 14.5 Å². The Kier molecular flexibility index (Phi) is 10.9. The van der Waals surface area contributed by atoms with Gasteiger partial charge in [0.1, 0.15) is 11.1 Å². The van der Waals surface area contributed by atoms with Crippen molar-refractivity contribution in [3.63, 3.8) is 0 Å². The molecule has 13 heteroatoms. The SMILES string of the molecule is COc1nc(-c2cccc(-c3cccc4c3CC[C@@H]4Oc3nc(OC)c(CN4CC5CCC4C(C(=O)O)C5)cc3Cl)c2Cl)ccc1CNC[C@@H]1CCC(=O)N1. The molecule has 2 bridgehead atoms. The smallest absolute Gasteiger partial charge is 0.308 e. The summed E-state index contributed by atoms with van der Waals surface area (Å²) in [5.41, 5.74) is 7.38. The molecule has 2 aromatic heterocycles. The highest BCUT2D eigenvalue weighted by molar-refractivity contribution is 6.36. The van der Waals surface area contributed by atoms with Crippen molar-refractivity contribution in [1.29, 1.82) is 0 Å². The monoisotopic (exact) mass is 785 g/mol. The number of carboxylic acid groups (broad SMARTS) is 1. The van der Waals surface area contributed by atoms with Gasteiger partial charge in [0, 0.05) is 66.9 Å². The number of ether oxygens (including phenoxy) is 3.